The lowest BCUT2D eigenvalue weighted by molar-refractivity contribution is -0.0349. The van der Waals surface area contributed by atoms with Crippen LogP contribution in [0.25, 0.3) is 0 Å². The second-order valence-electron chi connectivity index (χ2n) is 5.67. The van der Waals surface area contributed by atoms with Crippen molar-refractivity contribution in [1.82, 2.24) is 19.7 Å². The normalized spacial score (nSPS) is 19.3. The maximum atomic E-state index is 5.91. The third-order valence-corrected chi connectivity index (χ3v) is 4.24. The van der Waals surface area contributed by atoms with Gasteiger partial charge in [0.1, 0.15) is 11.9 Å². The summed E-state index contributed by atoms with van der Waals surface area (Å²) >= 11 is 0. The summed E-state index contributed by atoms with van der Waals surface area (Å²) in [4.78, 5) is 7.01. The summed E-state index contributed by atoms with van der Waals surface area (Å²) in [6, 6.07) is 6.01. The van der Waals surface area contributed by atoms with Crippen LogP contribution >= 0.6 is 0 Å². The zero-order chi connectivity index (χ0) is 15.5. The molecule has 0 aromatic carbocycles. The molecule has 0 spiro atoms. The Morgan fingerprint density at radius 3 is 3.00 bits per heavy atom. The van der Waals surface area contributed by atoms with Gasteiger partial charge in [0.2, 0.25) is 0 Å². The van der Waals surface area contributed by atoms with Gasteiger partial charge in [-0.15, -0.1) is 0 Å². The highest BCUT2D eigenvalue weighted by molar-refractivity contribution is 5.34. The van der Waals surface area contributed by atoms with Crippen molar-refractivity contribution in [2.75, 3.05) is 32.1 Å². The molecule has 1 atom stereocenters. The minimum atomic E-state index is 0.0269. The Bertz CT molecular complexity index is 639. The molecule has 6 heteroatoms. The zero-order valence-corrected chi connectivity index (χ0v) is 13.4. The van der Waals surface area contributed by atoms with Gasteiger partial charge in [0.15, 0.2) is 0 Å². The van der Waals surface area contributed by atoms with Crippen molar-refractivity contribution in [2.45, 2.75) is 19.6 Å². The molecule has 0 radical (unpaired) electrons. The molecule has 1 saturated heterocycles. The molecule has 118 valence electrons. The first-order chi connectivity index (χ1) is 10.7. The number of aryl methyl sites for hydroxylation is 1. The monoisotopic (exact) mass is 301 g/mol. The highest BCUT2D eigenvalue weighted by atomic mass is 16.5. The first kappa shape index (κ1) is 15.0. The van der Waals surface area contributed by atoms with Gasteiger partial charge in [-0.1, -0.05) is 6.07 Å². The summed E-state index contributed by atoms with van der Waals surface area (Å²) in [6.45, 7) is 5.55. The van der Waals surface area contributed by atoms with E-state index in [9.17, 15) is 0 Å². The molecule has 0 saturated carbocycles. The highest BCUT2D eigenvalue weighted by Crippen LogP contribution is 2.23. The van der Waals surface area contributed by atoms with Crippen LogP contribution in [0.4, 0.5) is 5.82 Å². The number of rotatable bonds is 4. The molecule has 3 heterocycles. The van der Waals surface area contributed by atoms with Gasteiger partial charge in [-0.2, -0.15) is 5.10 Å². The number of hydrogen-bond acceptors (Lipinski definition) is 5. The largest absolute Gasteiger partial charge is 0.373 e. The van der Waals surface area contributed by atoms with Crippen LogP contribution in [0.3, 0.4) is 0 Å². The lowest BCUT2D eigenvalue weighted by Gasteiger charge is -2.32. The number of morpholine rings is 1. The minimum absolute atomic E-state index is 0.0269. The van der Waals surface area contributed by atoms with Crippen molar-refractivity contribution >= 4 is 5.82 Å². The van der Waals surface area contributed by atoms with Crippen LogP contribution in [0.5, 0.6) is 0 Å². The summed E-state index contributed by atoms with van der Waals surface area (Å²) in [5, 5.41) is 7.40. The van der Waals surface area contributed by atoms with Crippen molar-refractivity contribution in [3.8, 4) is 0 Å². The molecule has 1 aliphatic heterocycles. The molecule has 0 bridgehead atoms. The predicted octanol–water partition coefficient (Wildman–Crippen LogP) is 1.74. The number of hydrogen-bond donors (Lipinski definition) is 1. The van der Waals surface area contributed by atoms with Crippen LogP contribution in [0.2, 0.25) is 0 Å². The molecule has 3 rings (SSSR count). The standard InChI is InChI=1S/C16H23N5O/c1-12-13(9-18-20(12)3)10-21-7-8-22-15(11-21)14-5-4-6-16(17-2)19-14/h4-6,9,15H,7-8,10-11H2,1-3H3,(H,17,19)/t15-/m1/s1. The second kappa shape index (κ2) is 6.46. The molecule has 0 aliphatic carbocycles. The molecular weight excluding hydrogens is 278 g/mol. The number of nitrogens with zero attached hydrogens (tertiary/aromatic N) is 4. The quantitative estimate of drug-likeness (QED) is 0.932. The molecule has 0 unspecified atom stereocenters. The van der Waals surface area contributed by atoms with Crippen LogP contribution in [0.15, 0.2) is 24.4 Å². The van der Waals surface area contributed by atoms with Crippen LogP contribution < -0.4 is 5.32 Å². The summed E-state index contributed by atoms with van der Waals surface area (Å²) in [5.41, 5.74) is 3.48. The Morgan fingerprint density at radius 2 is 2.27 bits per heavy atom. The van der Waals surface area contributed by atoms with Crippen molar-refractivity contribution in [1.29, 1.82) is 0 Å². The lowest BCUT2D eigenvalue weighted by atomic mass is 10.1. The van der Waals surface area contributed by atoms with Gasteiger partial charge >= 0.3 is 0 Å². The fourth-order valence-corrected chi connectivity index (χ4v) is 2.74. The maximum Gasteiger partial charge on any atom is 0.126 e. The Kier molecular flexibility index (Phi) is 4.40. The molecule has 6 nitrogen and oxygen atoms in total. The number of ether oxygens (including phenoxy) is 1. The van der Waals surface area contributed by atoms with E-state index in [4.69, 9.17) is 4.74 Å². The fourth-order valence-electron chi connectivity index (χ4n) is 2.74. The van der Waals surface area contributed by atoms with Crippen LogP contribution in [-0.4, -0.2) is 46.4 Å². The van der Waals surface area contributed by atoms with E-state index in [1.54, 1.807) is 0 Å². The molecule has 22 heavy (non-hydrogen) atoms. The van der Waals surface area contributed by atoms with Crippen molar-refractivity contribution in [3.63, 3.8) is 0 Å². The van der Waals surface area contributed by atoms with Gasteiger partial charge < -0.3 is 10.1 Å². The SMILES string of the molecule is CNc1cccc([C@H]2CN(Cc3cnn(C)c3C)CCO2)n1. The van der Waals surface area contributed by atoms with Crippen LogP contribution in [-0.2, 0) is 18.3 Å². The van der Waals surface area contributed by atoms with E-state index in [-0.39, 0.29) is 6.10 Å². The summed E-state index contributed by atoms with van der Waals surface area (Å²) in [6.07, 6.45) is 1.98. The lowest BCUT2D eigenvalue weighted by Crippen LogP contribution is -2.38. The highest BCUT2D eigenvalue weighted by Gasteiger charge is 2.24. The number of anilines is 1. The van der Waals surface area contributed by atoms with E-state index < -0.39 is 0 Å². The van der Waals surface area contributed by atoms with Crippen LogP contribution in [0.1, 0.15) is 23.1 Å². The Morgan fingerprint density at radius 1 is 1.41 bits per heavy atom. The summed E-state index contributed by atoms with van der Waals surface area (Å²) < 4.78 is 7.84. The van der Waals surface area contributed by atoms with Gasteiger partial charge in [-0.3, -0.25) is 9.58 Å². The molecule has 0 amide bonds. The van der Waals surface area contributed by atoms with Gasteiger partial charge in [0, 0.05) is 45.0 Å². The van der Waals surface area contributed by atoms with Crippen molar-refractivity contribution in [3.05, 3.63) is 41.3 Å². The molecule has 1 aliphatic rings. The van der Waals surface area contributed by atoms with Gasteiger partial charge in [-0.25, -0.2) is 4.98 Å². The van der Waals surface area contributed by atoms with Gasteiger partial charge in [0.25, 0.3) is 0 Å². The third-order valence-electron chi connectivity index (χ3n) is 4.24. The smallest absolute Gasteiger partial charge is 0.126 e. The van der Waals surface area contributed by atoms with E-state index in [1.807, 2.05) is 43.2 Å². The Labute approximate surface area is 131 Å². The third kappa shape index (κ3) is 3.13. The molecule has 2 aromatic heterocycles. The van der Waals surface area contributed by atoms with Crippen LogP contribution in [0, 0.1) is 6.92 Å². The summed E-state index contributed by atoms with van der Waals surface area (Å²) in [7, 11) is 3.86. The first-order valence-corrected chi connectivity index (χ1v) is 7.63. The fraction of sp³-hybridized carbons (Fsp3) is 0.500. The number of pyridine rings is 1. The first-order valence-electron chi connectivity index (χ1n) is 7.63. The predicted molar refractivity (Wildman–Crippen MR) is 85.7 cm³/mol. The van der Waals surface area contributed by atoms with Gasteiger partial charge in [-0.05, 0) is 19.1 Å². The van der Waals surface area contributed by atoms with E-state index >= 15 is 0 Å². The Hall–Kier alpha value is -1.92. The molecule has 2 aromatic rings. The number of aromatic nitrogens is 3. The second-order valence-corrected chi connectivity index (χ2v) is 5.67. The maximum absolute atomic E-state index is 5.91. The molecule has 1 N–H and O–H groups in total. The molecular formula is C16H23N5O. The minimum Gasteiger partial charge on any atom is -0.373 e. The van der Waals surface area contributed by atoms with Crippen molar-refractivity contribution < 1.29 is 4.74 Å². The van der Waals surface area contributed by atoms with E-state index in [1.165, 1.54) is 11.3 Å². The Balaban J connectivity index is 1.70. The number of nitrogens with one attached hydrogen (secondary N) is 1. The average Bonchev–Trinajstić information content (AvgIpc) is 2.87. The van der Waals surface area contributed by atoms with Gasteiger partial charge in [0.05, 0.1) is 18.5 Å². The van der Waals surface area contributed by atoms with E-state index in [0.29, 0.717) is 0 Å². The van der Waals surface area contributed by atoms with Crippen molar-refractivity contribution in [2.24, 2.45) is 7.05 Å². The van der Waals surface area contributed by atoms with E-state index in [2.05, 4.69) is 27.2 Å². The topological polar surface area (TPSA) is 55.2 Å². The van der Waals surface area contributed by atoms with E-state index in [0.717, 1.165) is 37.8 Å². The molecule has 1 fully saturated rings. The summed E-state index contributed by atoms with van der Waals surface area (Å²) in [5.74, 6) is 0.876. The zero-order valence-electron chi connectivity index (χ0n) is 13.4. The average molecular weight is 301 g/mol.